The maximum Gasteiger partial charge on any atom is 0.200 e. The molecule has 2 radical (unpaired) electrons. The third-order valence-corrected chi connectivity index (χ3v) is 1.61. The number of nitrogens with one attached hydrogen (secondary N) is 1. The summed E-state index contributed by atoms with van der Waals surface area (Å²) in [7, 11) is 5.04. The number of rotatable bonds is 7. The molecule has 0 saturated heterocycles. The van der Waals surface area contributed by atoms with E-state index in [1.54, 1.807) is 0 Å². The Labute approximate surface area is 93.1 Å². The summed E-state index contributed by atoms with van der Waals surface area (Å²) < 4.78 is 10.8. The fraction of sp³-hybridized carbons (Fsp3) is 0.900. The van der Waals surface area contributed by atoms with Gasteiger partial charge in [-0.25, -0.2) is 0 Å². The van der Waals surface area contributed by atoms with Crippen LogP contribution in [0.15, 0.2) is 0 Å². The van der Waals surface area contributed by atoms with Crippen LogP contribution in [0.25, 0.3) is 0 Å². The topological polar surface area (TPSA) is 47.6 Å². The highest BCUT2D eigenvalue weighted by molar-refractivity contribution is 6.57. The monoisotopic (exact) mass is 213 g/mol. The highest BCUT2D eigenvalue weighted by atomic mass is 16.5. The highest BCUT2D eigenvalue weighted by Gasteiger charge is 2.11. The molecule has 0 fully saturated rings. The number of amides is 1. The van der Waals surface area contributed by atoms with Crippen LogP contribution in [0.3, 0.4) is 0 Å². The first-order valence-corrected chi connectivity index (χ1v) is 5.21. The van der Waals surface area contributed by atoms with Gasteiger partial charge >= 0.3 is 0 Å². The molecule has 1 amide bonds. The zero-order chi connectivity index (χ0) is 11.8. The largest absolute Gasteiger partial charge is 0.377 e. The average Bonchev–Trinajstić information content (AvgIpc) is 2.08. The molecule has 4 nitrogen and oxygen atoms in total. The van der Waals surface area contributed by atoms with Crippen LogP contribution in [0.4, 0.5) is 4.79 Å². The van der Waals surface area contributed by atoms with Crippen molar-refractivity contribution in [2.75, 3.05) is 13.2 Å². The molecule has 0 heterocycles. The Morgan fingerprint density at radius 1 is 1.13 bits per heavy atom. The number of ether oxygens (including phenoxy) is 2. The summed E-state index contributed by atoms with van der Waals surface area (Å²) in [6.45, 7) is 8.56. The predicted molar refractivity (Wildman–Crippen MR) is 60.2 cm³/mol. The smallest absolute Gasteiger partial charge is 0.200 e. The first kappa shape index (κ1) is 14.5. The van der Waals surface area contributed by atoms with Gasteiger partial charge in [0.25, 0.3) is 0 Å². The van der Waals surface area contributed by atoms with Gasteiger partial charge in [-0.05, 0) is 27.7 Å². The van der Waals surface area contributed by atoms with E-state index in [0.717, 1.165) is 0 Å². The van der Waals surface area contributed by atoms with E-state index in [1.807, 2.05) is 27.7 Å². The Hall–Kier alpha value is -0.545. The Balaban J connectivity index is 3.89. The Morgan fingerprint density at radius 3 is 1.80 bits per heavy atom. The van der Waals surface area contributed by atoms with Crippen LogP contribution in [0.5, 0.6) is 0 Å². The van der Waals surface area contributed by atoms with Gasteiger partial charge in [-0.3, -0.25) is 4.79 Å². The summed E-state index contributed by atoms with van der Waals surface area (Å²) in [6.07, 6.45) is 0.252. The zero-order valence-corrected chi connectivity index (χ0v) is 9.95. The van der Waals surface area contributed by atoms with Crippen molar-refractivity contribution in [2.45, 2.75) is 45.9 Å². The molecule has 0 aliphatic heterocycles. The molecule has 0 saturated carbocycles. The molecular formula is C10H20BNO3. The Bertz CT molecular complexity index is 174. The van der Waals surface area contributed by atoms with Crippen molar-refractivity contribution in [1.29, 1.82) is 0 Å². The minimum absolute atomic E-state index is 0.126. The maximum atomic E-state index is 10.7. The van der Waals surface area contributed by atoms with E-state index in [0.29, 0.717) is 13.2 Å². The number of carbonyl (C=O) groups excluding carboxylic acids is 1. The van der Waals surface area contributed by atoms with E-state index >= 15 is 0 Å². The van der Waals surface area contributed by atoms with Crippen molar-refractivity contribution in [3.63, 3.8) is 0 Å². The van der Waals surface area contributed by atoms with Crippen molar-refractivity contribution < 1.29 is 14.3 Å². The van der Waals surface area contributed by atoms with Gasteiger partial charge in [-0.2, -0.15) is 0 Å². The van der Waals surface area contributed by atoms with E-state index in [9.17, 15) is 4.79 Å². The van der Waals surface area contributed by atoms with E-state index < -0.39 is 5.81 Å². The summed E-state index contributed by atoms with van der Waals surface area (Å²) in [5, 5.41) is 2.58. The number of hydrogen-bond acceptors (Lipinski definition) is 3. The van der Waals surface area contributed by atoms with Crippen LogP contribution < -0.4 is 5.32 Å². The van der Waals surface area contributed by atoms with Crippen LogP contribution in [-0.2, 0) is 9.47 Å². The molecule has 0 unspecified atom stereocenters. The normalized spacial score (nSPS) is 11.4. The van der Waals surface area contributed by atoms with Gasteiger partial charge < -0.3 is 14.8 Å². The van der Waals surface area contributed by atoms with E-state index in [-0.39, 0.29) is 18.2 Å². The summed E-state index contributed by atoms with van der Waals surface area (Å²) in [5.74, 6) is -0.556. The number of carbonyl (C=O) groups is 1. The second-order valence-electron chi connectivity index (χ2n) is 3.97. The third kappa shape index (κ3) is 9.75. The highest BCUT2D eigenvalue weighted by Crippen LogP contribution is 1.96. The zero-order valence-electron chi connectivity index (χ0n) is 9.95. The minimum atomic E-state index is -0.556. The summed E-state index contributed by atoms with van der Waals surface area (Å²) in [4.78, 5) is 10.7. The SMILES string of the molecule is [B]C(=O)NC(COC(C)C)COC(C)C. The van der Waals surface area contributed by atoms with E-state index in [4.69, 9.17) is 17.3 Å². The lowest BCUT2D eigenvalue weighted by Crippen LogP contribution is -2.42. The van der Waals surface area contributed by atoms with Crippen molar-refractivity contribution >= 4 is 13.7 Å². The minimum Gasteiger partial charge on any atom is -0.377 e. The van der Waals surface area contributed by atoms with Gasteiger partial charge in [-0.15, -0.1) is 0 Å². The molecule has 0 aliphatic rings. The first-order valence-electron chi connectivity index (χ1n) is 5.21. The fourth-order valence-corrected chi connectivity index (χ4v) is 0.950. The van der Waals surface area contributed by atoms with Crippen molar-refractivity contribution in [2.24, 2.45) is 0 Å². The second kappa shape index (κ2) is 7.71. The van der Waals surface area contributed by atoms with Crippen LogP contribution in [0.2, 0.25) is 0 Å². The summed E-state index contributed by atoms with van der Waals surface area (Å²) >= 11 is 0. The fourth-order valence-electron chi connectivity index (χ4n) is 0.950. The maximum absolute atomic E-state index is 10.7. The molecule has 0 aromatic rings. The van der Waals surface area contributed by atoms with Gasteiger partial charge in [0.05, 0.1) is 31.5 Å². The average molecular weight is 213 g/mol. The molecular weight excluding hydrogens is 193 g/mol. The molecule has 86 valence electrons. The molecule has 0 bridgehead atoms. The molecule has 5 heteroatoms. The standard InChI is InChI=1S/C10H20BNO3/c1-7(2)14-5-9(12-10(11)13)6-15-8(3)4/h7-9H,5-6H2,1-4H3,(H,12,13). The van der Waals surface area contributed by atoms with Gasteiger partial charge in [0, 0.05) is 0 Å². The van der Waals surface area contributed by atoms with Crippen LogP contribution in [-0.4, -0.2) is 45.1 Å². The van der Waals surface area contributed by atoms with E-state index in [1.165, 1.54) is 0 Å². The van der Waals surface area contributed by atoms with Gasteiger partial charge in [0.2, 0.25) is 7.85 Å². The van der Waals surface area contributed by atoms with Crippen molar-refractivity contribution in [3.05, 3.63) is 0 Å². The molecule has 0 spiro atoms. The lowest BCUT2D eigenvalue weighted by atomic mass is 10.1. The lowest BCUT2D eigenvalue weighted by molar-refractivity contribution is 0.0149. The molecule has 1 N–H and O–H groups in total. The Kier molecular flexibility index (Phi) is 7.43. The molecule has 0 aromatic heterocycles. The van der Waals surface area contributed by atoms with Crippen molar-refractivity contribution in [3.8, 4) is 0 Å². The van der Waals surface area contributed by atoms with E-state index in [2.05, 4.69) is 5.32 Å². The van der Waals surface area contributed by atoms with Crippen LogP contribution in [0, 0.1) is 0 Å². The second-order valence-corrected chi connectivity index (χ2v) is 3.97. The molecule has 0 aliphatic carbocycles. The van der Waals surface area contributed by atoms with Crippen LogP contribution >= 0.6 is 0 Å². The van der Waals surface area contributed by atoms with Crippen molar-refractivity contribution in [1.82, 2.24) is 5.32 Å². The quantitative estimate of drug-likeness (QED) is 0.643. The molecule has 15 heavy (non-hydrogen) atoms. The first-order chi connectivity index (χ1) is 6.91. The van der Waals surface area contributed by atoms with Crippen LogP contribution in [0.1, 0.15) is 27.7 Å². The van der Waals surface area contributed by atoms with Gasteiger partial charge in [-0.1, -0.05) is 0 Å². The third-order valence-electron chi connectivity index (χ3n) is 1.61. The molecule has 0 rings (SSSR count). The molecule has 0 aromatic carbocycles. The number of hydrogen-bond donors (Lipinski definition) is 1. The van der Waals surface area contributed by atoms with Gasteiger partial charge in [0.15, 0.2) is 5.81 Å². The summed E-state index contributed by atoms with van der Waals surface area (Å²) in [6, 6.07) is -0.188. The lowest BCUT2D eigenvalue weighted by Gasteiger charge is -2.20. The van der Waals surface area contributed by atoms with Gasteiger partial charge in [0.1, 0.15) is 0 Å². The molecule has 0 atom stereocenters. The predicted octanol–water partition coefficient (Wildman–Crippen LogP) is 1.08. The Morgan fingerprint density at radius 2 is 1.53 bits per heavy atom. The summed E-state index contributed by atoms with van der Waals surface area (Å²) in [5.41, 5.74) is 0.